The predicted octanol–water partition coefficient (Wildman–Crippen LogP) is 1.09. The molecule has 1 aromatic rings. The average molecular weight is 360 g/mol. The second-order valence-electron chi connectivity index (χ2n) is 5.06. The average Bonchev–Trinajstić information content (AvgIpc) is 2.72. The first-order valence-corrected chi connectivity index (χ1v) is 8.96. The number of morpholine rings is 1. The van der Waals surface area contributed by atoms with Crippen LogP contribution < -0.4 is 0 Å². The predicted molar refractivity (Wildman–Crippen MR) is 77.4 cm³/mol. The van der Waals surface area contributed by atoms with Crippen molar-refractivity contribution in [3.63, 3.8) is 0 Å². The van der Waals surface area contributed by atoms with Crippen molar-refractivity contribution in [2.24, 2.45) is 0 Å². The number of sulfone groups is 1. The van der Waals surface area contributed by atoms with E-state index in [0.29, 0.717) is 18.7 Å². The van der Waals surface area contributed by atoms with E-state index in [9.17, 15) is 13.2 Å². The SMILES string of the molecule is O=C(c1ccc(Br)cc1)N1CCOC2CS(=O)(=O)CC21. The summed E-state index contributed by atoms with van der Waals surface area (Å²) in [6.07, 6.45) is -0.381. The van der Waals surface area contributed by atoms with Crippen molar-refractivity contribution in [1.29, 1.82) is 0 Å². The smallest absolute Gasteiger partial charge is 0.254 e. The number of ether oxygens (including phenoxy) is 1. The van der Waals surface area contributed by atoms with Crippen LogP contribution >= 0.6 is 15.9 Å². The van der Waals surface area contributed by atoms with E-state index in [1.165, 1.54) is 0 Å². The lowest BCUT2D eigenvalue weighted by atomic mass is 10.1. The molecule has 0 saturated carbocycles. The number of carbonyl (C=O) groups excluding carboxylic acids is 1. The Kier molecular flexibility index (Phi) is 3.60. The summed E-state index contributed by atoms with van der Waals surface area (Å²) < 4.78 is 29.8. The van der Waals surface area contributed by atoms with Crippen molar-refractivity contribution in [1.82, 2.24) is 4.90 Å². The second-order valence-corrected chi connectivity index (χ2v) is 8.13. The highest BCUT2D eigenvalue weighted by molar-refractivity contribution is 9.10. The molecule has 2 heterocycles. The van der Waals surface area contributed by atoms with Crippen LogP contribution in [-0.4, -0.2) is 56.0 Å². The van der Waals surface area contributed by atoms with Gasteiger partial charge in [0.15, 0.2) is 9.84 Å². The molecule has 108 valence electrons. The number of carbonyl (C=O) groups is 1. The van der Waals surface area contributed by atoms with E-state index < -0.39 is 9.84 Å². The molecule has 0 aliphatic carbocycles. The van der Waals surface area contributed by atoms with E-state index in [1.807, 2.05) is 0 Å². The third-order valence-corrected chi connectivity index (χ3v) is 5.90. The minimum atomic E-state index is -3.11. The van der Waals surface area contributed by atoms with Gasteiger partial charge in [-0.3, -0.25) is 4.79 Å². The Bertz CT molecular complexity index is 628. The van der Waals surface area contributed by atoms with Crippen LogP contribution in [0.25, 0.3) is 0 Å². The van der Waals surface area contributed by atoms with Crippen molar-refractivity contribution in [2.45, 2.75) is 12.1 Å². The number of hydrogen-bond acceptors (Lipinski definition) is 4. The van der Waals surface area contributed by atoms with E-state index >= 15 is 0 Å². The van der Waals surface area contributed by atoms with Gasteiger partial charge in [-0.15, -0.1) is 0 Å². The van der Waals surface area contributed by atoms with Gasteiger partial charge in [0.25, 0.3) is 5.91 Å². The first-order chi connectivity index (χ1) is 9.46. The van der Waals surface area contributed by atoms with Crippen LogP contribution in [0.3, 0.4) is 0 Å². The van der Waals surface area contributed by atoms with Crippen LogP contribution in [0.1, 0.15) is 10.4 Å². The lowest BCUT2D eigenvalue weighted by molar-refractivity contribution is -0.0361. The molecule has 3 rings (SSSR count). The third kappa shape index (κ3) is 2.62. The fourth-order valence-electron chi connectivity index (χ4n) is 2.73. The van der Waals surface area contributed by atoms with Gasteiger partial charge in [-0.25, -0.2) is 8.42 Å². The Balaban J connectivity index is 1.85. The van der Waals surface area contributed by atoms with E-state index in [0.717, 1.165) is 4.47 Å². The van der Waals surface area contributed by atoms with Crippen molar-refractivity contribution in [2.75, 3.05) is 24.7 Å². The molecule has 2 aliphatic rings. The number of rotatable bonds is 1. The zero-order chi connectivity index (χ0) is 14.3. The Hall–Kier alpha value is -0.920. The zero-order valence-corrected chi connectivity index (χ0v) is 13.1. The van der Waals surface area contributed by atoms with Crippen molar-refractivity contribution >= 4 is 31.7 Å². The molecule has 2 saturated heterocycles. The maximum absolute atomic E-state index is 12.5. The minimum absolute atomic E-state index is 0.0000648. The van der Waals surface area contributed by atoms with Gasteiger partial charge in [-0.1, -0.05) is 15.9 Å². The number of amides is 1. The molecule has 2 aliphatic heterocycles. The molecule has 2 atom stereocenters. The van der Waals surface area contributed by atoms with Crippen LogP contribution in [0.5, 0.6) is 0 Å². The number of fused-ring (bicyclic) bond motifs is 1. The van der Waals surface area contributed by atoms with Crippen LogP contribution in [-0.2, 0) is 14.6 Å². The maximum Gasteiger partial charge on any atom is 0.254 e. The van der Waals surface area contributed by atoms with Crippen LogP contribution in [0, 0.1) is 0 Å². The largest absolute Gasteiger partial charge is 0.373 e. The fourth-order valence-corrected chi connectivity index (χ4v) is 4.86. The van der Waals surface area contributed by atoms with Gasteiger partial charge in [0, 0.05) is 16.6 Å². The van der Waals surface area contributed by atoms with Gasteiger partial charge in [-0.2, -0.15) is 0 Å². The molecule has 0 spiro atoms. The first kappa shape index (κ1) is 14.0. The quantitative estimate of drug-likeness (QED) is 0.752. The number of hydrogen-bond donors (Lipinski definition) is 0. The summed E-state index contributed by atoms with van der Waals surface area (Å²) in [4.78, 5) is 14.2. The van der Waals surface area contributed by atoms with E-state index in [1.54, 1.807) is 29.2 Å². The first-order valence-electron chi connectivity index (χ1n) is 6.35. The highest BCUT2D eigenvalue weighted by Gasteiger charge is 2.45. The standard InChI is InChI=1S/C13H14BrNO4S/c14-10-3-1-9(2-4-10)13(16)15-5-6-19-12-8-20(17,18)7-11(12)15/h1-4,11-12H,5-8H2. The van der Waals surface area contributed by atoms with Gasteiger partial charge in [0.05, 0.1) is 30.3 Å². The number of benzene rings is 1. The Morgan fingerprint density at radius 2 is 1.95 bits per heavy atom. The highest BCUT2D eigenvalue weighted by Crippen LogP contribution is 2.26. The lowest BCUT2D eigenvalue weighted by Gasteiger charge is -2.36. The van der Waals surface area contributed by atoms with Gasteiger partial charge >= 0.3 is 0 Å². The van der Waals surface area contributed by atoms with Gasteiger partial charge in [0.2, 0.25) is 0 Å². The molecular formula is C13H14BrNO4S. The fraction of sp³-hybridized carbons (Fsp3) is 0.462. The highest BCUT2D eigenvalue weighted by atomic mass is 79.9. The second kappa shape index (κ2) is 5.13. The van der Waals surface area contributed by atoms with Crippen LogP contribution in [0.2, 0.25) is 0 Å². The Morgan fingerprint density at radius 3 is 2.65 bits per heavy atom. The van der Waals surface area contributed by atoms with E-state index in [2.05, 4.69) is 15.9 Å². The number of nitrogens with zero attached hydrogens (tertiary/aromatic N) is 1. The molecule has 2 fully saturated rings. The summed E-state index contributed by atoms with van der Waals surface area (Å²) in [6, 6.07) is 6.72. The van der Waals surface area contributed by atoms with Crippen molar-refractivity contribution in [3.8, 4) is 0 Å². The maximum atomic E-state index is 12.5. The van der Waals surface area contributed by atoms with Gasteiger partial charge < -0.3 is 9.64 Å². The normalized spacial score (nSPS) is 28.1. The molecule has 0 N–H and O–H groups in total. The molecule has 1 amide bonds. The minimum Gasteiger partial charge on any atom is -0.373 e. The van der Waals surface area contributed by atoms with Gasteiger partial charge in [-0.05, 0) is 24.3 Å². The molecule has 1 aromatic carbocycles. The summed E-state index contributed by atoms with van der Waals surface area (Å²) in [5.74, 6) is -0.116. The molecular weight excluding hydrogens is 346 g/mol. The summed E-state index contributed by atoms with van der Waals surface area (Å²) in [5.41, 5.74) is 0.568. The lowest BCUT2D eigenvalue weighted by Crippen LogP contribution is -2.53. The summed E-state index contributed by atoms with van der Waals surface area (Å²) >= 11 is 3.33. The van der Waals surface area contributed by atoms with Crippen LogP contribution in [0.15, 0.2) is 28.7 Å². The Morgan fingerprint density at radius 1 is 1.25 bits per heavy atom. The summed E-state index contributed by atoms with van der Waals surface area (Å²) in [5, 5.41) is 0. The molecule has 0 radical (unpaired) electrons. The van der Waals surface area contributed by atoms with Gasteiger partial charge in [0.1, 0.15) is 0 Å². The molecule has 5 nitrogen and oxygen atoms in total. The van der Waals surface area contributed by atoms with E-state index in [4.69, 9.17) is 4.74 Å². The zero-order valence-electron chi connectivity index (χ0n) is 10.7. The monoisotopic (exact) mass is 359 g/mol. The van der Waals surface area contributed by atoms with Crippen molar-refractivity contribution in [3.05, 3.63) is 34.3 Å². The summed E-state index contributed by atoms with van der Waals surface area (Å²) in [7, 11) is -3.11. The summed E-state index contributed by atoms with van der Waals surface area (Å²) in [6.45, 7) is 0.824. The van der Waals surface area contributed by atoms with E-state index in [-0.39, 0.29) is 29.6 Å². The van der Waals surface area contributed by atoms with Crippen LogP contribution in [0.4, 0.5) is 0 Å². The topological polar surface area (TPSA) is 63.7 Å². The number of halogens is 1. The third-order valence-electron chi connectivity index (χ3n) is 3.69. The molecule has 2 unspecified atom stereocenters. The molecule has 0 bridgehead atoms. The molecule has 20 heavy (non-hydrogen) atoms. The van der Waals surface area contributed by atoms with Crippen molar-refractivity contribution < 1.29 is 17.9 Å². The molecule has 7 heteroatoms. The molecule has 0 aromatic heterocycles. The Labute approximate surface area is 126 Å².